The monoisotopic (exact) mass is 172 g/mol. The highest BCUT2D eigenvalue weighted by atomic mass is 16.3. The Kier molecular flexibility index (Phi) is 3.05. The van der Waals surface area contributed by atoms with E-state index in [0.29, 0.717) is 6.54 Å². The lowest BCUT2D eigenvalue weighted by molar-refractivity contribution is -0.131. The summed E-state index contributed by atoms with van der Waals surface area (Å²) in [7, 11) is 0. The van der Waals surface area contributed by atoms with Crippen molar-refractivity contribution in [3.05, 3.63) is 0 Å². The number of hydrogen-bond acceptors (Lipinski definition) is 3. The van der Waals surface area contributed by atoms with Crippen LogP contribution in [0.2, 0.25) is 0 Å². The largest absolute Gasteiger partial charge is 0.396 e. The predicted molar refractivity (Wildman–Crippen MR) is 45.4 cm³/mol. The first-order valence-corrected chi connectivity index (χ1v) is 4.30. The van der Waals surface area contributed by atoms with Gasteiger partial charge in [0, 0.05) is 25.6 Å². The van der Waals surface area contributed by atoms with Gasteiger partial charge in [0.05, 0.1) is 6.04 Å². The first-order valence-electron chi connectivity index (χ1n) is 4.30. The van der Waals surface area contributed by atoms with Crippen molar-refractivity contribution in [3.63, 3.8) is 0 Å². The highest BCUT2D eigenvalue weighted by Crippen LogP contribution is 2.15. The molecule has 1 amide bonds. The van der Waals surface area contributed by atoms with Crippen LogP contribution in [0.15, 0.2) is 0 Å². The number of nitrogens with zero attached hydrogens (tertiary/aromatic N) is 1. The summed E-state index contributed by atoms with van der Waals surface area (Å²) < 4.78 is 0. The van der Waals surface area contributed by atoms with Gasteiger partial charge in [0.25, 0.3) is 0 Å². The van der Waals surface area contributed by atoms with Crippen LogP contribution >= 0.6 is 0 Å². The molecule has 2 atom stereocenters. The third-order valence-electron chi connectivity index (χ3n) is 2.25. The van der Waals surface area contributed by atoms with Crippen molar-refractivity contribution in [1.29, 1.82) is 0 Å². The Labute approximate surface area is 72.3 Å². The van der Waals surface area contributed by atoms with Gasteiger partial charge in [-0.05, 0) is 13.3 Å². The molecule has 1 heterocycles. The Balaban J connectivity index is 2.41. The number of likely N-dealkylation sites (tertiary alicyclic amines) is 1. The van der Waals surface area contributed by atoms with Crippen molar-refractivity contribution >= 4 is 5.91 Å². The fourth-order valence-corrected chi connectivity index (χ4v) is 1.47. The van der Waals surface area contributed by atoms with E-state index < -0.39 is 6.04 Å². The summed E-state index contributed by atoms with van der Waals surface area (Å²) in [5.74, 6) is 0.249. The molecule has 0 aliphatic carbocycles. The van der Waals surface area contributed by atoms with Crippen molar-refractivity contribution < 1.29 is 9.90 Å². The zero-order chi connectivity index (χ0) is 9.14. The highest BCUT2D eigenvalue weighted by Gasteiger charge is 2.26. The third-order valence-corrected chi connectivity index (χ3v) is 2.25. The topological polar surface area (TPSA) is 66.6 Å². The highest BCUT2D eigenvalue weighted by molar-refractivity contribution is 5.81. The van der Waals surface area contributed by atoms with Crippen molar-refractivity contribution in [3.8, 4) is 0 Å². The summed E-state index contributed by atoms with van der Waals surface area (Å²) in [5.41, 5.74) is 5.45. The van der Waals surface area contributed by atoms with Gasteiger partial charge in [0.2, 0.25) is 5.91 Å². The van der Waals surface area contributed by atoms with E-state index in [4.69, 9.17) is 10.8 Å². The summed E-state index contributed by atoms with van der Waals surface area (Å²) >= 11 is 0. The smallest absolute Gasteiger partial charge is 0.239 e. The molecule has 0 radical (unpaired) electrons. The van der Waals surface area contributed by atoms with Gasteiger partial charge in [-0.15, -0.1) is 0 Å². The first-order chi connectivity index (χ1) is 5.65. The minimum absolute atomic E-state index is 0.00838. The van der Waals surface area contributed by atoms with Crippen LogP contribution < -0.4 is 5.73 Å². The van der Waals surface area contributed by atoms with Crippen LogP contribution in [0.5, 0.6) is 0 Å². The van der Waals surface area contributed by atoms with Gasteiger partial charge in [0.15, 0.2) is 0 Å². The molecule has 4 nitrogen and oxygen atoms in total. The Hall–Kier alpha value is -0.610. The molecule has 1 unspecified atom stereocenters. The lowest BCUT2D eigenvalue weighted by atomic mass is 10.1. The third kappa shape index (κ3) is 1.95. The molecule has 0 aromatic carbocycles. The van der Waals surface area contributed by atoms with Gasteiger partial charge in [-0.2, -0.15) is 0 Å². The molecule has 1 rings (SSSR count). The number of aliphatic hydroxyl groups excluding tert-OH is 1. The molecular formula is C8H16N2O2. The molecule has 70 valence electrons. The molecule has 0 bridgehead atoms. The summed E-state index contributed by atoms with van der Waals surface area (Å²) in [6, 6.07) is -0.414. The van der Waals surface area contributed by atoms with Gasteiger partial charge in [0.1, 0.15) is 0 Å². The first kappa shape index (κ1) is 9.48. The number of aliphatic hydroxyl groups is 1. The molecule has 0 aromatic heterocycles. The molecule has 0 aromatic rings. The van der Waals surface area contributed by atoms with Crippen LogP contribution in [-0.2, 0) is 4.79 Å². The summed E-state index contributed by atoms with van der Waals surface area (Å²) in [5, 5.41) is 8.83. The summed E-state index contributed by atoms with van der Waals surface area (Å²) in [4.78, 5) is 13.1. The quantitative estimate of drug-likeness (QED) is 0.571. The van der Waals surface area contributed by atoms with Crippen LogP contribution in [0.25, 0.3) is 0 Å². The van der Waals surface area contributed by atoms with Gasteiger partial charge >= 0.3 is 0 Å². The van der Waals surface area contributed by atoms with Gasteiger partial charge in [-0.1, -0.05) is 0 Å². The average molecular weight is 172 g/mol. The molecule has 0 spiro atoms. The maximum Gasteiger partial charge on any atom is 0.239 e. The molecule has 12 heavy (non-hydrogen) atoms. The fraction of sp³-hybridized carbons (Fsp3) is 0.875. The average Bonchev–Trinajstić information content (AvgIpc) is 2.50. The van der Waals surface area contributed by atoms with E-state index in [2.05, 4.69) is 0 Å². The fourth-order valence-electron chi connectivity index (χ4n) is 1.47. The molecule has 1 fully saturated rings. The van der Waals surface area contributed by atoms with Crippen LogP contribution in [0.3, 0.4) is 0 Å². The molecule has 1 aliphatic rings. The Morgan fingerprint density at radius 2 is 2.50 bits per heavy atom. The maximum atomic E-state index is 11.3. The predicted octanol–water partition coefficient (Wildman–Crippen LogP) is -0.826. The number of carbonyl (C=O) groups excluding carboxylic acids is 1. The van der Waals surface area contributed by atoms with Crippen LogP contribution in [0, 0.1) is 5.92 Å². The van der Waals surface area contributed by atoms with Crippen molar-refractivity contribution in [2.45, 2.75) is 19.4 Å². The standard InChI is InChI=1S/C8H16N2O2/c1-6(9)8(12)10-3-2-7(4-10)5-11/h6-7,11H,2-5,9H2,1H3/t6-,7?/m0/s1. The Morgan fingerprint density at radius 3 is 2.92 bits per heavy atom. The molecular weight excluding hydrogens is 156 g/mol. The van der Waals surface area contributed by atoms with Crippen LogP contribution in [0.4, 0.5) is 0 Å². The lowest BCUT2D eigenvalue weighted by Gasteiger charge is -2.18. The Bertz CT molecular complexity index is 170. The van der Waals surface area contributed by atoms with Gasteiger partial charge in [-0.25, -0.2) is 0 Å². The maximum absolute atomic E-state index is 11.3. The van der Waals surface area contributed by atoms with E-state index in [0.717, 1.165) is 13.0 Å². The number of carbonyl (C=O) groups is 1. The second kappa shape index (κ2) is 3.87. The van der Waals surface area contributed by atoms with E-state index in [1.807, 2.05) is 0 Å². The van der Waals surface area contributed by atoms with Gasteiger partial charge < -0.3 is 15.7 Å². The minimum Gasteiger partial charge on any atom is -0.396 e. The zero-order valence-corrected chi connectivity index (χ0v) is 7.36. The van der Waals surface area contributed by atoms with E-state index in [9.17, 15) is 4.79 Å². The normalized spacial score (nSPS) is 25.9. The van der Waals surface area contributed by atoms with Crippen LogP contribution in [-0.4, -0.2) is 41.7 Å². The molecule has 0 saturated carbocycles. The molecule has 1 saturated heterocycles. The lowest BCUT2D eigenvalue weighted by Crippen LogP contribution is -2.40. The number of hydrogen-bond donors (Lipinski definition) is 2. The van der Waals surface area contributed by atoms with E-state index in [1.165, 1.54) is 0 Å². The second-order valence-corrected chi connectivity index (χ2v) is 3.41. The number of rotatable bonds is 2. The van der Waals surface area contributed by atoms with Crippen molar-refractivity contribution in [2.75, 3.05) is 19.7 Å². The number of nitrogens with two attached hydrogens (primary N) is 1. The van der Waals surface area contributed by atoms with E-state index in [1.54, 1.807) is 11.8 Å². The molecule has 4 heteroatoms. The van der Waals surface area contributed by atoms with E-state index >= 15 is 0 Å². The Morgan fingerprint density at radius 1 is 1.83 bits per heavy atom. The zero-order valence-electron chi connectivity index (χ0n) is 7.36. The van der Waals surface area contributed by atoms with Crippen molar-refractivity contribution in [1.82, 2.24) is 4.90 Å². The summed E-state index contributed by atoms with van der Waals surface area (Å²) in [6.07, 6.45) is 0.898. The van der Waals surface area contributed by atoms with Crippen molar-refractivity contribution in [2.24, 2.45) is 11.7 Å². The molecule has 3 N–H and O–H groups in total. The number of amides is 1. The summed E-state index contributed by atoms with van der Waals surface area (Å²) in [6.45, 7) is 3.26. The van der Waals surface area contributed by atoms with E-state index in [-0.39, 0.29) is 18.4 Å². The SMILES string of the molecule is C[C@H](N)C(=O)N1CCC(CO)C1. The van der Waals surface area contributed by atoms with Gasteiger partial charge in [-0.3, -0.25) is 4.79 Å². The van der Waals surface area contributed by atoms with Crippen LogP contribution in [0.1, 0.15) is 13.3 Å². The minimum atomic E-state index is -0.414. The molecule has 1 aliphatic heterocycles. The second-order valence-electron chi connectivity index (χ2n) is 3.41.